The van der Waals surface area contributed by atoms with Crippen LogP contribution < -0.4 is 0 Å². The van der Waals surface area contributed by atoms with Crippen LogP contribution in [0.25, 0.3) is 0 Å². The van der Waals surface area contributed by atoms with E-state index in [9.17, 15) is 0 Å². The minimum Gasteiger partial charge on any atom is -0.0654 e. The van der Waals surface area contributed by atoms with E-state index in [4.69, 9.17) is 0 Å². The smallest absolute Gasteiger partial charge is 0.0443 e. The van der Waals surface area contributed by atoms with Gasteiger partial charge in [0.1, 0.15) is 0 Å². The lowest BCUT2D eigenvalue weighted by Crippen LogP contribution is -1.86. The summed E-state index contributed by atoms with van der Waals surface area (Å²) in [7, 11) is 0. The van der Waals surface area contributed by atoms with Gasteiger partial charge in [0.25, 0.3) is 0 Å². The van der Waals surface area contributed by atoms with Crippen LogP contribution in [0.3, 0.4) is 0 Å². The zero-order chi connectivity index (χ0) is 7.82. The molecular formula is C10H21. The lowest BCUT2D eigenvalue weighted by atomic mass is 10.0. The van der Waals surface area contributed by atoms with Crippen LogP contribution in [0.1, 0.15) is 52.4 Å². The van der Waals surface area contributed by atoms with Gasteiger partial charge in [-0.3, -0.25) is 0 Å². The van der Waals surface area contributed by atoms with E-state index in [1.165, 1.54) is 38.5 Å². The molecule has 0 fully saturated rings. The van der Waals surface area contributed by atoms with Crippen LogP contribution in [-0.4, -0.2) is 0 Å². The van der Waals surface area contributed by atoms with Crippen LogP contribution >= 0.6 is 0 Å². The topological polar surface area (TPSA) is 0 Å². The maximum absolute atomic E-state index is 3.96. The molecule has 10 heavy (non-hydrogen) atoms. The summed E-state index contributed by atoms with van der Waals surface area (Å²) >= 11 is 0. The van der Waals surface area contributed by atoms with E-state index in [1.54, 1.807) is 0 Å². The Morgan fingerprint density at radius 3 is 2.20 bits per heavy atom. The van der Waals surface area contributed by atoms with Crippen molar-refractivity contribution >= 4 is 0 Å². The van der Waals surface area contributed by atoms with E-state index in [0.29, 0.717) is 5.92 Å². The molecular weight excluding hydrogens is 120 g/mol. The van der Waals surface area contributed by atoms with Crippen molar-refractivity contribution in [3.63, 3.8) is 0 Å². The first-order chi connectivity index (χ1) is 4.77. The molecule has 1 unspecified atom stereocenters. The first kappa shape index (κ1) is 10.0. The number of unbranched alkanes of at least 4 members (excludes halogenated alkanes) is 4. The van der Waals surface area contributed by atoms with Crippen molar-refractivity contribution in [1.29, 1.82) is 0 Å². The SMILES string of the molecule is [CH2]C(C)CCCCCCC. The number of hydrogen-bond acceptors (Lipinski definition) is 0. The summed E-state index contributed by atoms with van der Waals surface area (Å²) in [5.41, 5.74) is 0. The Kier molecular flexibility index (Phi) is 7.11. The number of rotatable bonds is 6. The Morgan fingerprint density at radius 2 is 1.70 bits per heavy atom. The number of hydrogen-bond donors (Lipinski definition) is 0. The monoisotopic (exact) mass is 141 g/mol. The van der Waals surface area contributed by atoms with Gasteiger partial charge < -0.3 is 0 Å². The minimum atomic E-state index is 0.654. The molecule has 0 aliphatic carbocycles. The van der Waals surface area contributed by atoms with Gasteiger partial charge in [-0.15, -0.1) is 0 Å². The average Bonchev–Trinajstić information content (AvgIpc) is 1.87. The Labute approximate surface area is 66.0 Å². The molecule has 0 N–H and O–H groups in total. The van der Waals surface area contributed by atoms with Crippen LogP contribution in [-0.2, 0) is 0 Å². The fourth-order valence-electron chi connectivity index (χ4n) is 1.10. The molecule has 61 valence electrons. The Hall–Kier alpha value is 0. The molecule has 0 aliphatic rings. The van der Waals surface area contributed by atoms with Crippen molar-refractivity contribution in [2.75, 3.05) is 0 Å². The maximum atomic E-state index is 3.96. The van der Waals surface area contributed by atoms with Crippen molar-refractivity contribution < 1.29 is 0 Å². The molecule has 1 atom stereocenters. The molecule has 1 radical (unpaired) electrons. The molecule has 0 aliphatic heterocycles. The second-order valence-corrected chi connectivity index (χ2v) is 3.31. The summed E-state index contributed by atoms with van der Waals surface area (Å²) < 4.78 is 0. The van der Waals surface area contributed by atoms with Gasteiger partial charge in [-0.25, -0.2) is 0 Å². The van der Waals surface area contributed by atoms with E-state index in [0.717, 1.165) is 0 Å². The summed E-state index contributed by atoms with van der Waals surface area (Å²) in [4.78, 5) is 0. The Bertz CT molecular complexity index is 55.1. The van der Waals surface area contributed by atoms with Crippen molar-refractivity contribution in [2.45, 2.75) is 52.4 Å². The van der Waals surface area contributed by atoms with E-state index < -0.39 is 0 Å². The first-order valence-electron chi connectivity index (χ1n) is 4.60. The van der Waals surface area contributed by atoms with Crippen LogP contribution in [0.2, 0.25) is 0 Å². The predicted octanol–water partition coefficient (Wildman–Crippen LogP) is 3.82. The molecule has 0 saturated carbocycles. The van der Waals surface area contributed by atoms with Crippen molar-refractivity contribution in [3.05, 3.63) is 6.92 Å². The predicted molar refractivity (Wildman–Crippen MR) is 47.9 cm³/mol. The van der Waals surface area contributed by atoms with Gasteiger partial charge in [0.2, 0.25) is 0 Å². The fourth-order valence-corrected chi connectivity index (χ4v) is 1.10. The van der Waals surface area contributed by atoms with Crippen LogP contribution in [0, 0.1) is 12.8 Å². The molecule has 0 bridgehead atoms. The fraction of sp³-hybridized carbons (Fsp3) is 0.900. The van der Waals surface area contributed by atoms with Crippen LogP contribution in [0.15, 0.2) is 0 Å². The Morgan fingerprint density at radius 1 is 1.10 bits per heavy atom. The normalized spacial score (nSPS) is 10.8. The zero-order valence-electron chi connectivity index (χ0n) is 7.53. The molecule has 0 rings (SSSR count). The van der Waals surface area contributed by atoms with E-state index in [-0.39, 0.29) is 0 Å². The molecule has 0 aromatic carbocycles. The summed E-state index contributed by atoms with van der Waals surface area (Å²) in [6, 6.07) is 0. The second kappa shape index (κ2) is 7.11. The van der Waals surface area contributed by atoms with Gasteiger partial charge in [-0.05, 0) is 5.92 Å². The molecule has 0 spiro atoms. The highest BCUT2D eigenvalue weighted by molar-refractivity contribution is 4.53. The summed E-state index contributed by atoms with van der Waals surface area (Å²) in [6.07, 6.45) is 8.27. The molecule has 0 nitrogen and oxygen atoms in total. The van der Waals surface area contributed by atoms with Crippen molar-refractivity contribution in [2.24, 2.45) is 5.92 Å². The zero-order valence-corrected chi connectivity index (χ0v) is 7.53. The Balaban J connectivity index is 2.77. The van der Waals surface area contributed by atoms with Gasteiger partial charge in [0.05, 0.1) is 0 Å². The molecule has 0 heterocycles. The minimum absolute atomic E-state index is 0.654. The lowest BCUT2D eigenvalue weighted by Gasteiger charge is -2.02. The van der Waals surface area contributed by atoms with Gasteiger partial charge in [-0.1, -0.05) is 59.3 Å². The van der Waals surface area contributed by atoms with E-state index in [1.807, 2.05) is 0 Å². The third-order valence-corrected chi connectivity index (χ3v) is 1.80. The summed E-state index contributed by atoms with van der Waals surface area (Å²) in [5, 5.41) is 0. The highest BCUT2D eigenvalue weighted by Crippen LogP contribution is 2.09. The molecule has 0 saturated heterocycles. The maximum Gasteiger partial charge on any atom is -0.0443 e. The van der Waals surface area contributed by atoms with Gasteiger partial charge >= 0.3 is 0 Å². The third-order valence-electron chi connectivity index (χ3n) is 1.80. The molecule has 0 aromatic heterocycles. The van der Waals surface area contributed by atoms with Crippen LogP contribution in [0.4, 0.5) is 0 Å². The largest absolute Gasteiger partial charge is 0.0654 e. The van der Waals surface area contributed by atoms with Crippen LogP contribution in [0.5, 0.6) is 0 Å². The molecule has 0 aromatic rings. The third kappa shape index (κ3) is 8.00. The summed E-state index contributed by atoms with van der Waals surface area (Å²) in [6.45, 7) is 8.40. The van der Waals surface area contributed by atoms with Gasteiger partial charge in [0, 0.05) is 0 Å². The highest BCUT2D eigenvalue weighted by atomic mass is 14.0. The second-order valence-electron chi connectivity index (χ2n) is 3.31. The lowest BCUT2D eigenvalue weighted by molar-refractivity contribution is 0.549. The average molecular weight is 141 g/mol. The van der Waals surface area contributed by atoms with E-state index in [2.05, 4.69) is 20.8 Å². The standard InChI is InChI=1S/C10H21/c1-4-5-6-7-8-9-10(2)3/h10H,2,4-9H2,1,3H3. The molecule has 0 heteroatoms. The first-order valence-corrected chi connectivity index (χ1v) is 4.60. The summed E-state index contributed by atoms with van der Waals surface area (Å²) in [5.74, 6) is 0.654. The van der Waals surface area contributed by atoms with Gasteiger partial charge in [0.15, 0.2) is 0 Å². The van der Waals surface area contributed by atoms with E-state index >= 15 is 0 Å². The highest BCUT2D eigenvalue weighted by Gasteiger charge is 1.92. The van der Waals surface area contributed by atoms with Gasteiger partial charge in [-0.2, -0.15) is 0 Å². The van der Waals surface area contributed by atoms with Crippen molar-refractivity contribution in [1.82, 2.24) is 0 Å². The quantitative estimate of drug-likeness (QED) is 0.493. The van der Waals surface area contributed by atoms with Crippen molar-refractivity contribution in [3.8, 4) is 0 Å². The molecule has 0 amide bonds.